The first kappa shape index (κ1) is 9.05. The van der Waals surface area contributed by atoms with Gasteiger partial charge in [0.1, 0.15) is 0 Å². The summed E-state index contributed by atoms with van der Waals surface area (Å²) in [6.45, 7) is 7.38. The van der Waals surface area contributed by atoms with Crippen LogP contribution in [0.15, 0.2) is 11.6 Å². The normalized spacial score (nSPS) is 19.7. The van der Waals surface area contributed by atoms with Crippen LogP contribution in [0.25, 0.3) is 0 Å². The van der Waals surface area contributed by atoms with E-state index in [0.29, 0.717) is 0 Å². The maximum absolute atomic E-state index is 2.49. The van der Waals surface area contributed by atoms with Crippen LogP contribution in [0.4, 0.5) is 0 Å². The lowest BCUT2D eigenvalue weighted by Gasteiger charge is -2.20. The van der Waals surface area contributed by atoms with Gasteiger partial charge in [-0.25, -0.2) is 0 Å². The lowest BCUT2D eigenvalue weighted by Crippen LogP contribution is -2.20. The topological polar surface area (TPSA) is 0 Å². The van der Waals surface area contributed by atoms with Crippen molar-refractivity contribution in [2.45, 2.75) is 51.4 Å². The number of allylic oxidation sites excluding steroid dienone is 2. The highest BCUT2D eigenvalue weighted by atomic mass is 28.3. The van der Waals surface area contributed by atoms with Gasteiger partial charge in [0, 0.05) is 8.07 Å². The van der Waals surface area contributed by atoms with Gasteiger partial charge in [0.25, 0.3) is 0 Å². The number of rotatable bonds is 2. The van der Waals surface area contributed by atoms with E-state index >= 15 is 0 Å². The van der Waals surface area contributed by atoms with Gasteiger partial charge in [0.15, 0.2) is 0 Å². The zero-order chi connectivity index (χ0) is 8.32. The van der Waals surface area contributed by atoms with Gasteiger partial charge >= 0.3 is 0 Å². The lowest BCUT2D eigenvalue weighted by molar-refractivity contribution is 0.700. The first-order chi connectivity index (χ1) is 5.08. The highest BCUT2D eigenvalue weighted by Crippen LogP contribution is 2.25. The van der Waals surface area contributed by atoms with E-state index in [-0.39, 0.29) is 0 Å². The standard InChI is InChI=1S/C10H20Si/c1-11(2,3)9-10-7-5-4-6-8-10/h7H,4-6,8-9H2,1-3H3. The third-order valence-electron chi connectivity index (χ3n) is 2.14. The zero-order valence-corrected chi connectivity index (χ0v) is 9.11. The van der Waals surface area contributed by atoms with Crippen molar-refractivity contribution in [1.29, 1.82) is 0 Å². The Labute approximate surface area is 71.7 Å². The van der Waals surface area contributed by atoms with Gasteiger partial charge in [-0.15, -0.1) is 0 Å². The second-order valence-corrected chi connectivity index (χ2v) is 10.3. The molecule has 0 fully saturated rings. The SMILES string of the molecule is C[Si](C)(C)CC1=CCCCC1. The van der Waals surface area contributed by atoms with Crippen molar-refractivity contribution in [3.8, 4) is 0 Å². The van der Waals surface area contributed by atoms with Crippen LogP contribution in [0.3, 0.4) is 0 Å². The van der Waals surface area contributed by atoms with Gasteiger partial charge < -0.3 is 0 Å². The molecule has 64 valence electrons. The molecule has 0 aromatic heterocycles. The van der Waals surface area contributed by atoms with E-state index < -0.39 is 8.07 Å². The minimum absolute atomic E-state index is 0.813. The summed E-state index contributed by atoms with van der Waals surface area (Å²) in [5.74, 6) is 0. The molecule has 0 N–H and O–H groups in total. The van der Waals surface area contributed by atoms with Crippen molar-refractivity contribution in [2.24, 2.45) is 0 Å². The molecule has 0 bridgehead atoms. The smallest absolute Gasteiger partial charge is 0.0483 e. The van der Waals surface area contributed by atoms with E-state index in [0.717, 1.165) is 0 Å². The van der Waals surface area contributed by atoms with Gasteiger partial charge in [-0.1, -0.05) is 31.3 Å². The Balaban J connectivity index is 2.42. The Morgan fingerprint density at radius 3 is 2.45 bits per heavy atom. The Kier molecular flexibility index (Phi) is 2.94. The molecule has 1 heteroatoms. The average Bonchev–Trinajstić information content (AvgIpc) is 1.85. The van der Waals surface area contributed by atoms with E-state index in [1.807, 2.05) is 0 Å². The van der Waals surface area contributed by atoms with Crippen molar-refractivity contribution in [3.63, 3.8) is 0 Å². The van der Waals surface area contributed by atoms with E-state index in [1.165, 1.54) is 31.7 Å². The predicted molar refractivity (Wildman–Crippen MR) is 54.7 cm³/mol. The fourth-order valence-electron chi connectivity index (χ4n) is 1.75. The van der Waals surface area contributed by atoms with Crippen LogP contribution in [0.1, 0.15) is 25.7 Å². The van der Waals surface area contributed by atoms with Crippen LogP contribution < -0.4 is 0 Å². The van der Waals surface area contributed by atoms with Crippen molar-refractivity contribution in [3.05, 3.63) is 11.6 Å². The van der Waals surface area contributed by atoms with Gasteiger partial charge in [0.2, 0.25) is 0 Å². The van der Waals surface area contributed by atoms with Gasteiger partial charge in [-0.2, -0.15) is 0 Å². The van der Waals surface area contributed by atoms with Crippen LogP contribution >= 0.6 is 0 Å². The maximum atomic E-state index is 2.49. The summed E-state index contributed by atoms with van der Waals surface area (Å²) in [7, 11) is -0.813. The van der Waals surface area contributed by atoms with E-state index in [4.69, 9.17) is 0 Å². The Bertz CT molecular complexity index is 151. The number of hydrogen-bond donors (Lipinski definition) is 0. The molecule has 0 aromatic rings. The third kappa shape index (κ3) is 3.75. The molecular weight excluding hydrogens is 148 g/mol. The molecular formula is C10H20Si. The van der Waals surface area contributed by atoms with E-state index in [1.54, 1.807) is 5.57 Å². The molecule has 0 saturated carbocycles. The first-order valence-corrected chi connectivity index (χ1v) is 8.46. The molecule has 1 rings (SSSR count). The molecule has 11 heavy (non-hydrogen) atoms. The quantitative estimate of drug-likeness (QED) is 0.434. The molecule has 1 aliphatic carbocycles. The van der Waals surface area contributed by atoms with Crippen LogP contribution in [0.5, 0.6) is 0 Å². The molecule has 0 unspecified atom stereocenters. The molecule has 0 saturated heterocycles. The van der Waals surface area contributed by atoms with Crippen LogP contribution in [0, 0.1) is 0 Å². The summed E-state index contributed by atoms with van der Waals surface area (Å²) in [5.41, 5.74) is 1.76. The molecule has 0 aliphatic heterocycles. The minimum Gasteiger partial charge on any atom is -0.0856 e. The largest absolute Gasteiger partial charge is 0.0856 e. The summed E-state index contributed by atoms with van der Waals surface area (Å²) in [6.07, 6.45) is 8.09. The zero-order valence-electron chi connectivity index (χ0n) is 8.11. The highest BCUT2D eigenvalue weighted by molar-refractivity contribution is 6.76. The summed E-state index contributed by atoms with van der Waals surface area (Å²) >= 11 is 0. The van der Waals surface area contributed by atoms with Crippen LogP contribution in [0.2, 0.25) is 25.7 Å². The van der Waals surface area contributed by atoms with Crippen molar-refractivity contribution >= 4 is 8.07 Å². The lowest BCUT2D eigenvalue weighted by atomic mass is 10.0. The predicted octanol–water partition coefficient (Wildman–Crippen LogP) is 3.83. The molecule has 0 nitrogen and oxygen atoms in total. The summed E-state index contributed by atoms with van der Waals surface area (Å²) in [6, 6.07) is 1.44. The first-order valence-electron chi connectivity index (χ1n) is 4.76. The van der Waals surface area contributed by atoms with Crippen molar-refractivity contribution in [2.75, 3.05) is 0 Å². The fraction of sp³-hybridized carbons (Fsp3) is 0.800. The fourth-order valence-corrected chi connectivity index (χ4v) is 3.43. The molecule has 0 atom stereocenters. The Hall–Kier alpha value is -0.0431. The van der Waals surface area contributed by atoms with E-state index in [9.17, 15) is 0 Å². The van der Waals surface area contributed by atoms with Crippen molar-refractivity contribution in [1.82, 2.24) is 0 Å². The molecule has 1 aliphatic rings. The second-order valence-electron chi connectivity index (χ2n) is 4.85. The van der Waals surface area contributed by atoms with Gasteiger partial charge in [-0.3, -0.25) is 0 Å². The molecule has 0 amide bonds. The Morgan fingerprint density at radius 1 is 1.27 bits per heavy atom. The monoisotopic (exact) mass is 168 g/mol. The van der Waals surface area contributed by atoms with Gasteiger partial charge in [-0.05, 0) is 31.7 Å². The van der Waals surface area contributed by atoms with E-state index in [2.05, 4.69) is 25.7 Å². The van der Waals surface area contributed by atoms with Crippen LogP contribution in [-0.4, -0.2) is 8.07 Å². The average molecular weight is 168 g/mol. The summed E-state index contributed by atoms with van der Waals surface area (Å²) in [5, 5.41) is 0. The Morgan fingerprint density at radius 2 is 2.00 bits per heavy atom. The maximum Gasteiger partial charge on any atom is 0.0483 e. The summed E-state index contributed by atoms with van der Waals surface area (Å²) in [4.78, 5) is 0. The number of hydrogen-bond acceptors (Lipinski definition) is 0. The molecule has 0 radical (unpaired) electrons. The third-order valence-corrected chi connectivity index (χ3v) is 3.66. The van der Waals surface area contributed by atoms with Crippen molar-refractivity contribution < 1.29 is 0 Å². The summed E-state index contributed by atoms with van der Waals surface area (Å²) < 4.78 is 0. The highest BCUT2D eigenvalue weighted by Gasteiger charge is 2.16. The van der Waals surface area contributed by atoms with Crippen LogP contribution in [-0.2, 0) is 0 Å². The van der Waals surface area contributed by atoms with Gasteiger partial charge in [0.05, 0.1) is 0 Å². The second kappa shape index (κ2) is 3.57. The molecule has 0 aromatic carbocycles. The minimum atomic E-state index is -0.813. The molecule has 0 heterocycles. The molecule has 0 spiro atoms.